The zero-order valence-corrected chi connectivity index (χ0v) is 27.5. The van der Waals surface area contributed by atoms with Crippen LogP contribution < -0.4 is 0 Å². The molecule has 0 aromatic carbocycles. The Morgan fingerprint density at radius 2 is 1.25 bits per heavy atom. The van der Waals surface area contributed by atoms with Crippen LogP contribution in [0.1, 0.15) is 144 Å². The van der Waals surface area contributed by atoms with Gasteiger partial charge in [-0.3, -0.25) is 0 Å². The molecule has 0 radical (unpaired) electrons. The lowest BCUT2D eigenvalue weighted by Gasteiger charge is -2.26. The molecule has 2 rings (SSSR count). The Balaban J connectivity index is 1.70. The van der Waals surface area contributed by atoms with E-state index in [0.717, 1.165) is 0 Å². The van der Waals surface area contributed by atoms with Crippen LogP contribution in [0.5, 0.6) is 0 Å². The molecule has 0 bridgehead atoms. The molecule has 1 nitrogen and oxygen atoms in total. The van der Waals surface area contributed by atoms with Crippen LogP contribution in [-0.4, -0.2) is 24.5 Å². The molecule has 0 amide bonds. The van der Waals surface area contributed by atoms with Crippen LogP contribution in [0.4, 0.5) is 0 Å². The van der Waals surface area contributed by atoms with Gasteiger partial charge in [0.1, 0.15) is 0 Å². The van der Waals surface area contributed by atoms with Crippen LogP contribution in [0.2, 0.25) is 0 Å². The molecule has 0 aromatic heterocycles. The molecule has 2 aliphatic rings. The van der Waals surface area contributed by atoms with Crippen molar-refractivity contribution in [3.05, 3.63) is 70.9 Å². The Morgan fingerprint density at radius 1 is 0.750 bits per heavy atom. The number of nitrogens with zero attached hydrogens (tertiary/aromatic N) is 1. The van der Waals surface area contributed by atoms with E-state index in [0.29, 0.717) is 11.8 Å². The van der Waals surface area contributed by atoms with Gasteiger partial charge in [-0.15, -0.1) is 0 Å². The summed E-state index contributed by atoms with van der Waals surface area (Å²) in [6.45, 7) is 24.0. The van der Waals surface area contributed by atoms with Gasteiger partial charge in [-0.25, -0.2) is 0 Å². The van der Waals surface area contributed by atoms with E-state index in [2.05, 4.69) is 77.0 Å². The predicted octanol–water partition coefficient (Wildman–Crippen LogP) is 12.1. The Morgan fingerprint density at radius 3 is 1.75 bits per heavy atom. The highest BCUT2D eigenvalue weighted by Crippen LogP contribution is 2.33. The van der Waals surface area contributed by atoms with Crippen LogP contribution in [0.25, 0.3) is 0 Å². The number of hydrogen-bond donors (Lipinski definition) is 0. The predicted molar refractivity (Wildman–Crippen MR) is 181 cm³/mol. The van der Waals surface area contributed by atoms with E-state index in [9.17, 15) is 0 Å². The lowest BCUT2D eigenvalue weighted by molar-refractivity contribution is 0.261. The normalized spacial score (nSPS) is 19.4. The molecule has 226 valence electrons. The standard InChI is InChI=1S/C39H65N/c1-8-9-29-40(31-14-18-35(7)39-27-24-37(25-28-39)20-11-16-33(4)5)30-13-17-34(6)38-22-12-21-36(23-26-38)19-10-15-32(2)3/h15-16,23-24,38-39H,6-14,17-22,25-31H2,1-5H3. The van der Waals surface area contributed by atoms with Gasteiger partial charge >= 0.3 is 0 Å². The van der Waals surface area contributed by atoms with E-state index in [1.165, 1.54) is 151 Å². The molecular weight excluding hydrogens is 482 g/mol. The lowest BCUT2D eigenvalue weighted by atomic mass is 9.82. The fourth-order valence-electron chi connectivity index (χ4n) is 6.47. The summed E-state index contributed by atoms with van der Waals surface area (Å²) in [5.41, 5.74) is 9.26. The first-order valence-electron chi connectivity index (χ1n) is 17.0. The van der Waals surface area contributed by atoms with E-state index in [-0.39, 0.29) is 0 Å². The van der Waals surface area contributed by atoms with Crippen LogP contribution in [0.3, 0.4) is 0 Å². The Labute approximate surface area is 250 Å². The van der Waals surface area contributed by atoms with E-state index >= 15 is 0 Å². The molecule has 0 aromatic rings. The topological polar surface area (TPSA) is 3.24 Å². The molecule has 0 saturated heterocycles. The Bertz CT molecular complexity index is 870. The van der Waals surface area contributed by atoms with Crippen molar-refractivity contribution in [2.45, 2.75) is 144 Å². The second kappa shape index (κ2) is 20.3. The highest BCUT2D eigenvalue weighted by Gasteiger charge is 2.18. The van der Waals surface area contributed by atoms with Gasteiger partial charge in [0.25, 0.3) is 0 Å². The third kappa shape index (κ3) is 14.9. The summed E-state index contributed by atoms with van der Waals surface area (Å²) in [5, 5.41) is 0. The monoisotopic (exact) mass is 548 g/mol. The molecule has 40 heavy (non-hydrogen) atoms. The largest absolute Gasteiger partial charge is 0.303 e. The number of unbranched alkanes of at least 4 members (excludes halogenated alkanes) is 1. The van der Waals surface area contributed by atoms with Crippen LogP contribution in [0.15, 0.2) is 70.9 Å². The summed E-state index contributed by atoms with van der Waals surface area (Å²) in [6.07, 6.45) is 31.3. The minimum absolute atomic E-state index is 0.700. The summed E-state index contributed by atoms with van der Waals surface area (Å²) < 4.78 is 0. The zero-order valence-electron chi connectivity index (χ0n) is 27.5. The number of hydrogen-bond acceptors (Lipinski definition) is 1. The summed E-state index contributed by atoms with van der Waals surface area (Å²) in [7, 11) is 0. The van der Waals surface area contributed by atoms with Crippen molar-refractivity contribution in [3.8, 4) is 0 Å². The smallest absolute Gasteiger partial charge is 0.00157 e. The maximum Gasteiger partial charge on any atom is -0.00157 e. The van der Waals surface area contributed by atoms with Gasteiger partial charge in [-0.1, -0.05) is 84.2 Å². The first kappa shape index (κ1) is 34.6. The van der Waals surface area contributed by atoms with Crippen molar-refractivity contribution in [1.29, 1.82) is 0 Å². The number of rotatable bonds is 19. The van der Waals surface area contributed by atoms with Crippen molar-refractivity contribution >= 4 is 0 Å². The van der Waals surface area contributed by atoms with Gasteiger partial charge in [-0.05, 0) is 162 Å². The molecule has 0 N–H and O–H groups in total. The van der Waals surface area contributed by atoms with Gasteiger partial charge in [0.15, 0.2) is 0 Å². The van der Waals surface area contributed by atoms with E-state index in [4.69, 9.17) is 0 Å². The third-order valence-corrected chi connectivity index (χ3v) is 9.21. The SMILES string of the molecule is C=C(CCCN(CCCC)CCCC(=C)C1CC=C(CCC=C(C)C)CC1)C1CC=C(CCC=C(C)C)CCC1. The summed E-state index contributed by atoms with van der Waals surface area (Å²) in [4.78, 5) is 2.74. The molecule has 0 heterocycles. The van der Waals surface area contributed by atoms with Crippen molar-refractivity contribution in [1.82, 2.24) is 4.90 Å². The molecule has 0 saturated carbocycles. The molecule has 0 aliphatic heterocycles. The van der Waals surface area contributed by atoms with Crippen LogP contribution >= 0.6 is 0 Å². The zero-order chi connectivity index (χ0) is 29.2. The number of allylic oxidation sites excluding steroid dienone is 10. The van der Waals surface area contributed by atoms with Crippen LogP contribution in [0, 0.1) is 11.8 Å². The van der Waals surface area contributed by atoms with E-state index < -0.39 is 0 Å². The van der Waals surface area contributed by atoms with Crippen LogP contribution in [-0.2, 0) is 0 Å². The molecule has 2 unspecified atom stereocenters. The Kier molecular flexibility index (Phi) is 17.6. The fourth-order valence-corrected chi connectivity index (χ4v) is 6.47. The maximum atomic E-state index is 4.58. The minimum Gasteiger partial charge on any atom is -0.303 e. The van der Waals surface area contributed by atoms with Crippen molar-refractivity contribution in [3.63, 3.8) is 0 Å². The maximum absolute atomic E-state index is 4.58. The molecule has 2 aliphatic carbocycles. The second-order valence-electron chi connectivity index (χ2n) is 13.4. The van der Waals surface area contributed by atoms with Gasteiger partial charge < -0.3 is 4.90 Å². The first-order chi connectivity index (χ1) is 19.3. The minimum atomic E-state index is 0.700. The van der Waals surface area contributed by atoms with Crippen molar-refractivity contribution < 1.29 is 0 Å². The molecular formula is C39H65N. The molecule has 1 heteroatoms. The van der Waals surface area contributed by atoms with Gasteiger partial charge in [0.05, 0.1) is 0 Å². The highest BCUT2D eigenvalue weighted by atomic mass is 15.1. The lowest BCUT2D eigenvalue weighted by Crippen LogP contribution is -2.27. The van der Waals surface area contributed by atoms with E-state index in [1.807, 2.05) is 0 Å². The summed E-state index contributed by atoms with van der Waals surface area (Å²) >= 11 is 0. The quantitative estimate of drug-likeness (QED) is 0.145. The van der Waals surface area contributed by atoms with Gasteiger partial charge in [0, 0.05) is 0 Å². The van der Waals surface area contributed by atoms with E-state index in [1.54, 1.807) is 11.1 Å². The summed E-state index contributed by atoms with van der Waals surface area (Å²) in [5.74, 6) is 1.41. The van der Waals surface area contributed by atoms with Crippen molar-refractivity contribution in [2.24, 2.45) is 11.8 Å². The second-order valence-corrected chi connectivity index (χ2v) is 13.4. The first-order valence-corrected chi connectivity index (χ1v) is 17.0. The van der Waals surface area contributed by atoms with Crippen molar-refractivity contribution in [2.75, 3.05) is 19.6 Å². The average Bonchev–Trinajstić information content (AvgIpc) is 3.17. The third-order valence-electron chi connectivity index (χ3n) is 9.21. The molecule has 2 atom stereocenters. The molecule has 0 fully saturated rings. The van der Waals surface area contributed by atoms with Gasteiger partial charge in [0.2, 0.25) is 0 Å². The molecule has 0 spiro atoms. The average molecular weight is 548 g/mol. The fraction of sp³-hybridized carbons (Fsp3) is 0.692. The highest BCUT2D eigenvalue weighted by molar-refractivity contribution is 5.14. The Hall–Kier alpha value is -1.60. The summed E-state index contributed by atoms with van der Waals surface area (Å²) in [6, 6.07) is 0. The van der Waals surface area contributed by atoms with Gasteiger partial charge in [-0.2, -0.15) is 0 Å².